The van der Waals surface area contributed by atoms with Crippen molar-refractivity contribution in [3.05, 3.63) is 70.5 Å². The Labute approximate surface area is 157 Å². The minimum absolute atomic E-state index is 0.0842. The van der Waals surface area contributed by atoms with Gasteiger partial charge in [-0.25, -0.2) is 4.98 Å². The van der Waals surface area contributed by atoms with Gasteiger partial charge in [0.25, 0.3) is 0 Å². The van der Waals surface area contributed by atoms with E-state index in [1.54, 1.807) is 11.3 Å². The third-order valence-corrected chi connectivity index (χ3v) is 5.17. The van der Waals surface area contributed by atoms with E-state index in [9.17, 15) is 4.79 Å². The third-order valence-electron chi connectivity index (χ3n) is 3.81. The highest BCUT2D eigenvalue weighted by molar-refractivity contribution is 9.10. The van der Waals surface area contributed by atoms with Crippen LogP contribution in [0.5, 0.6) is 0 Å². The average molecular weight is 412 g/mol. The Balaban J connectivity index is 1.68. The lowest BCUT2D eigenvalue weighted by Crippen LogP contribution is -2.19. The van der Waals surface area contributed by atoms with Gasteiger partial charge in [-0.3, -0.25) is 4.79 Å². The first kappa shape index (κ1) is 16.1. The SMILES string of the molecule is O=C(Cn1c(-c2cccs2)nc2ccccc21)Nc1cccc(Br)c1. The van der Waals surface area contributed by atoms with E-state index in [0.29, 0.717) is 0 Å². The summed E-state index contributed by atoms with van der Waals surface area (Å²) in [4.78, 5) is 18.3. The van der Waals surface area contributed by atoms with Gasteiger partial charge in [0.2, 0.25) is 5.91 Å². The number of hydrogen-bond acceptors (Lipinski definition) is 3. The first-order valence-electron chi connectivity index (χ1n) is 7.75. The fourth-order valence-electron chi connectivity index (χ4n) is 2.74. The molecule has 0 atom stereocenters. The summed E-state index contributed by atoms with van der Waals surface area (Å²) in [5, 5.41) is 4.96. The van der Waals surface area contributed by atoms with Gasteiger partial charge >= 0.3 is 0 Å². The molecule has 0 spiro atoms. The number of hydrogen-bond donors (Lipinski definition) is 1. The molecule has 0 saturated heterocycles. The van der Waals surface area contributed by atoms with Crippen molar-refractivity contribution in [2.24, 2.45) is 0 Å². The Morgan fingerprint density at radius 2 is 2.00 bits per heavy atom. The summed E-state index contributed by atoms with van der Waals surface area (Å²) in [5.74, 6) is 0.736. The van der Waals surface area contributed by atoms with Gasteiger partial charge in [-0.2, -0.15) is 0 Å². The molecule has 0 saturated carbocycles. The number of nitrogens with zero attached hydrogens (tertiary/aromatic N) is 2. The topological polar surface area (TPSA) is 46.9 Å². The van der Waals surface area contributed by atoms with E-state index in [0.717, 1.165) is 31.9 Å². The van der Waals surface area contributed by atoms with Crippen LogP contribution in [0.1, 0.15) is 0 Å². The zero-order valence-electron chi connectivity index (χ0n) is 13.1. The van der Waals surface area contributed by atoms with Crippen molar-refractivity contribution in [3.8, 4) is 10.7 Å². The third kappa shape index (κ3) is 3.36. The first-order chi connectivity index (χ1) is 12.2. The quantitative estimate of drug-likeness (QED) is 0.503. The van der Waals surface area contributed by atoms with E-state index >= 15 is 0 Å². The van der Waals surface area contributed by atoms with Crippen LogP contribution in [0.3, 0.4) is 0 Å². The number of benzene rings is 2. The van der Waals surface area contributed by atoms with Crippen molar-refractivity contribution >= 4 is 49.9 Å². The summed E-state index contributed by atoms with van der Waals surface area (Å²) in [5.41, 5.74) is 2.61. The van der Waals surface area contributed by atoms with Gasteiger partial charge in [-0.15, -0.1) is 11.3 Å². The van der Waals surface area contributed by atoms with Crippen LogP contribution in [-0.4, -0.2) is 15.5 Å². The molecule has 0 aliphatic rings. The number of thiophene rings is 1. The maximum Gasteiger partial charge on any atom is 0.244 e. The van der Waals surface area contributed by atoms with Gasteiger partial charge in [0.15, 0.2) is 5.82 Å². The highest BCUT2D eigenvalue weighted by atomic mass is 79.9. The van der Waals surface area contributed by atoms with E-state index in [-0.39, 0.29) is 12.5 Å². The summed E-state index contributed by atoms with van der Waals surface area (Å²) < 4.78 is 2.90. The van der Waals surface area contributed by atoms with Crippen LogP contribution < -0.4 is 5.32 Å². The second-order valence-corrected chi connectivity index (χ2v) is 7.41. The van der Waals surface area contributed by atoms with Gasteiger partial charge in [0, 0.05) is 10.2 Å². The molecule has 0 radical (unpaired) electrons. The minimum atomic E-state index is -0.0842. The Kier molecular flexibility index (Phi) is 4.38. The molecule has 25 heavy (non-hydrogen) atoms. The molecule has 6 heteroatoms. The zero-order valence-corrected chi connectivity index (χ0v) is 15.5. The molecule has 0 bridgehead atoms. The van der Waals surface area contributed by atoms with Crippen LogP contribution in [0.15, 0.2) is 70.5 Å². The van der Waals surface area contributed by atoms with Gasteiger partial charge < -0.3 is 9.88 Å². The monoisotopic (exact) mass is 411 g/mol. The number of carbonyl (C=O) groups excluding carboxylic acids is 1. The number of rotatable bonds is 4. The number of aromatic nitrogens is 2. The molecule has 0 aliphatic carbocycles. The number of para-hydroxylation sites is 2. The van der Waals surface area contributed by atoms with Crippen LogP contribution in [0, 0.1) is 0 Å². The lowest BCUT2D eigenvalue weighted by atomic mass is 10.3. The summed E-state index contributed by atoms with van der Waals surface area (Å²) in [6.45, 7) is 0.209. The number of halogens is 1. The zero-order chi connectivity index (χ0) is 17.2. The molecule has 2 aromatic heterocycles. The molecule has 2 aromatic carbocycles. The highest BCUT2D eigenvalue weighted by Gasteiger charge is 2.15. The van der Waals surface area contributed by atoms with Gasteiger partial charge in [-0.05, 0) is 41.8 Å². The van der Waals surface area contributed by atoms with Gasteiger partial charge in [0.1, 0.15) is 6.54 Å². The molecule has 1 N–H and O–H groups in total. The van der Waals surface area contributed by atoms with Crippen molar-refractivity contribution in [1.29, 1.82) is 0 Å². The van der Waals surface area contributed by atoms with E-state index in [2.05, 4.69) is 21.2 Å². The number of carbonyl (C=O) groups is 1. The lowest BCUT2D eigenvalue weighted by molar-refractivity contribution is -0.116. The maximum absolute atomic E-state index is 12.6. The summed E-state index contributed by atoms with van der Waals surface area (Å²) in [6.07, 6.45) is 0. The number of fused-ring (bicyclic) bond motifs is 1. The van der Waals surface area contributed by atoms with E-state index in [1.807, 2.05) is 70.6 Å². The molecule has 0 fully saturated rings. The second-order valence-electron chi connectivity index (χ2n) is 5.55. The average Bonchev–Trinajstić information content (AvgIpc) is 3.23. The van der Waals surface area contributed by atoms with Crippen LogP contribution in [0.25, 0.3) is 21.7 Å². The van der Waals surface area contributed by atoms with Gasteiger partial charge in [0.05, 0.1) is 15.9 Å². The van der Waals surface area contributed by atoms with Crippen molar-refractivity contribution in [3.63, 3.8) is 0 Å². The van der Waals surface area contributed by atoms with E-state index in [1.165, 1.54) is 0 Å². The molecule has 0 aliphatic heterocycles. The predicted molar refractivity (Wildman–Crippen MR) is 106 cm³/mol. The Morgan fingerprint density at radius 3 is 2.80 bits per heavy atom. The molecule has 0 unspecified atom stereocenters. The Bertz CT molecular complexity index is 1040. The van der Waals surface area contributed by atoms with Crippen molar-refractivity contribution < 1.29 is 4.79 Å². The van der Waals surface area contributed by atoms with Gasteiger partial charge in [-0.1, -0.05) is 40.2 Å². The molecule has 4 rings (SSSR count). The first-order valence-corrected chi connectivity index (χ1v) is 9.42. The molecule has 4 aromatic rings. The summed E-state index contributed by atoms with van der Waals surface area (Å²) in [6, 6.07) is 19.5. The fourth-order valence-corrected chi connectivity index (χ4v) is 3.86. The van der Waals surface area contributed by atoms with Crippen molar-refractivity contribution in [2.75, 3.05) is 5.32 Å². The fraction of sp³-hybridized carbons (Fsp3) is 0.0526. The highest BCUT2D eigenvalue weighted by Crippen LogP contribution is 2.28. The predicted octanol–water partition coefficient (Wildman–Crippen LogP) is 5.17. The minimum Gasteiger partial charge on any atom is -0.324 e. The molecule has 2 heterocycles. The molecule has 1 amide bonds. The standard InChI is InChI=1S/C19H14BrN3OS/c20-13-5-3-6-14(11-13)21-18(24)12-23-16-8-2-1-7-15(16)22-19(23)17-9-4-10-25-17/h1-11H,12H2,(H,21,24). The summed E-state index contributed by atoms with van der Waals surface area (Å²) in [7, 11) is 0. The van der Waals surface area contributed by atoms with Crippen LogP contribution in [0.2, 0.25) is 0 Å². The smallest absolute Gasteiger partial charge is 0.244 e. The number of amides is 1. The van der Waals surface area contributed by atoms with Crippen molar-refractivity contribution in [2.45, 2.75) is 6.54 Å². The second kappa shape index (κ2) is 6.82. The number of imidazole rings is 1. The summed E-state index contributed by atoms with van der Waals surface area (Å²) >= 11 is 5.04. The van der Waals surface area contributed by atoms with E-state index < -0.39 is 0 Å². The number of anilines is 1. The van der Waals surface area contributed by atoms with Crippen LogP contribution >= 0.6 is 27.3 Å². The van der Waals surface area contributed by atoms with E-state index in [4.69, 9.17) is 4.98 Å². The van der Waals surface area contributed by atoms with Crippen LogP contribution in [0.4, 0.5) is 5.69 Å². The largest absolute Gasteiger partial charge is 0.324 e. The molecular formula is C19H14BrN3OS. The number of nitrogens with one attached hydrogen (secondary N) is 1. The Morgan fingerprint density at radius 1 is 1.12 bits per heavy atom. The lowest BCUT2D eigenvalue weighted by Gasteiger charge is -2.09. The molecule has 4 nitrogen and oxygen atoms in total. The maximum atomic E-state index is 12.6. The van der Waals surface area contributed by atoms with Crippen molar-refractivity contribution in [1.82, 2.24) is 9.55 Å². The van der Waals surface area contributed by atoms with Crippen LogP contribution in [-0.2, 0) is 11.3 Å². The Hall–Kier alpha value is -2.44. The normalized spacial score (nSPS) is 10.9. The molecule has 124 valence electrons. The molecular weight excluding hydrogens is 398 g/mol.